The topological polar surface area (TPSA) is 24.9 Å². The molecule has 2 rings (SSSR count). The molecular weight excluding hydrogens is 244 g/mol. The van der Waals surface area contributed by atoms with E-state index in [2.05, 4.69) is 23.3 Å². The summed E-state index contributed by atoms with van der Waals surface area (Å²) in [5.74, 6) is 0. The van der Waals surface area contributed by atoms with Gasteiger partial charge in [0.15, 0.2) is 0 Å². The van der Waals surface area contributed by atoms with Gasteiger partial charge in [-0.3, -0.25) is 4.98 Å². The molecule has 0 radical (unpaired) electrons. The quantitative estimate of drug-likeness (QED) is 0.876. The molecule has 0 aliphatic heterocycles. The number of halogens is 1. The molecule has 0 unspecified atom stereocenters. The van der Waals surface area contributed by atoms with Crippen molar-refractivity contribution in [3.8, 4) is 0 Å². The standard InChI is InChI=1S/C15H23ClN2/c1-2-17-12-15(7-4-3-5-8-15)10-13-6-9-18-11-14(13)16/h6,9,11,17H,2-5,7-8,10,12H2,1H3. The van der Waals surface area contributed by atoms with Gasteiger partial charge in [0.1, 0.15) is 0 Å². The second kappa shape index (κ2) is 6.53. The van der Waals surface area contributed by atoms with Gasteiger partial charge in [-0.25, -0.2) is 0 Å². The van der Waals surface area contributed by atoms with Gasteiger partial charge in [0, 0.05) is 18.9 Å². The highest BCUT2D eigenvalue weighted by atomic mass is 35.5. The van der Waals surface area contributed by atoms with Crippen molar-refractivity contribution in [2.45, 2.75) is 45.4 Å². The van der Waals surface area contributed by atoms with E-state index in [1.807, 2.05) is 6.20 Å². The zero-order valence-electron chi connectivity index (χ0n) is 11.2. The van der Waals surface area contributed by atoms with Crippen molar-refractivity contribution in [2.24, 2.45) is 5.41 Å². The van der Waals surface area contributed by atoms with E-state index in [0.717, 1.165) is 24.5 Å². The van der Waals surface area contributed by atoms with E-state index in [-0.39, 0.29) is 0 Å². The lowest BCUT2D eigenvalue weighted by atomic mass is 9.70. The van der Waals surface area contributed by atoms with Crippen LogP contribution in [0.2, 0.25) is 5.02 Å². The molecule has 1 heterocycles. The number of hydrogen-bond acceptors (Lipinski definition) is 2. The Kier molecular flexibility index (Phi) is 5.02. The highest BCUT2D eigenvalue weighted by molar-refractivity contribution is 6.31. The zero-order chi connectivity index (χ0) is 12.8. The monoisotopic (exact) mass is 266 g/mol. The van der Waals surface area contributed by atoms with E-state index >= 15 is 0 Å². The minimum absolute atomic E-state index is 0.402. The first kappa shape index (κ1) is 13.8. The number of pyridine rings is 1. The van der Waals surface area contributed by atoms with Crippen molar-refractivity contribution < 1.29 is 0 Å². The van der Waals surface area contributed by atoms with Crippen molar-refractivity contribution in [3.05, 3.63) is 29.0 Å². The van der Waals surface area contributed by atoms with Gasteiger partial charge in [-0.05, 0) is 42.9 Å². The van der Waals surface area contributed by atoms with E-state index in [1.54, 1.807) is 6.20 Å². The summed E-state index contributed by atoms with van der Waals surface area (Å²) in [4.78, 5) is 4.08. The molecular formula is C15H23ClN2. The normalized spacial score (nSPS) is 18.8. The molecule has 1 aliphatic rings. The summed E-state index contributed by atoms with van der Waals surface area (Å²) in [6, 6.07) is 2.07. The molecule has 0 spiro atoms. The van der Waals surface area contributed by atoms with Gasteiger partial charge in [-0.2, -0.15) is 0 Å². The van der Waals surface area contributed by atoms with Gasteiger partial charge in [0.05, 0.1) is 5.02 Å². The fourth-order valence-electron chi connectivity index (χ4n) is 3.06. The van der Waals surface area contributed by atoms with E-state index in [4.69, 9.17) is 11.6 Å². The van der Waals surface area contributed by atoms with Crippen LogP contribution in [0.5, 0.6) is 0 Å². The van der Waals surface area contributed by atoms with Gasteiger partial charge in [0.2, 0.25) is 0 Å². The molecule has 0 aromatic carbocycles. The number of aromatic nitrogens is 1. The molecule has 100 valence electrons. The molecule has 1 aromatic heterocycles. The van der Waals surface area contributed by atoms with Gasteiger partial charge < -0.3 is 5.32 Å². The minimum Gasteiger partial charge on any atom is -0.316 e. The molecule has 1 fully saturated rings. The second-order valence-electron chi connectivity index (χ2n) is 5.48. The lowest BCUT2D eigenvalue weighted by molar-refractivity contribution is 0.182. The van der Waals surface area contributed by atoms with Gasteiger partial charge >= 0.3 is 0 Å². The lowest BCUT2D eigenvalue weighted by Crippen LogP contribution is -2.38. The Labute approximate surface area is 115 Å². The van der Waals surface area contributed by atoms with Gasteiger partial charge in [-0.1, -0.05) is 37.8 Å². The highest BCUT2D eigenvalue weighted by Crippen LogP contribution is 2.39. The molecule has 3 heteroatoms. The fraction of sp³-hybridized carbons (Fsp3) is 0.667. The summed E-state index contributed by atoms with van der Waals surface area (Å²) in [5, 5.41) is 4.36. The molecule has 18 heavy (non-hydrogen) atoms. The Balaban J connectivity index is 2.11. The first-order valence-corrected chi connectivity index (χ1v) is 7.43. The van der Waals surface area contributed by atoms with Crippen LogP contribution in [0.1, 0.15) is 44.6 Å². The largest absolute Gasteiger partial charge is 0.316 e. The molecule has 1 saturated carbocycles. The van der Waals surface area contributed by atoms with Crippen LogP contribution < -0.4 is 5.32 Å². The third-order valence-electron chi connectivity index (χ3n) is 4.09. The summed E-state index contributed by atoms with van der Waals surface area (Å²) in [6.45, 7) is 4.34. The second-order valence-corrected chi connectivity index (χ2v) is 5.89. The minimum atomic E-state index is 0.402. The summed E-state index contributed by atoms with van der Waals surface area (Å²) >= 11 is 6.26. The van der Waals surface area contributed by atoms with Gasteiger partial charge in [-0.15, -0.1) is 0 Å². The van der Waals surface area contributed by atoms with Crippen molar-refractivity contribution in [1.29, 1.82) is 0 Å². The average molecular weight is 267 g/mol. The fourth-order valence-corrected chi connectivity index (χ4v) is 3.25. The number of rotatable bonds is 5. The maximum Gasteiger partial charge on any atom is 0.0621 e. The lowest BCUT2D eigenvalue weighted by Gasteiger charge is -2.38. The van der Waals surface area contributed by atoms with Crippen molar-refractivity contribution in [1.82, 2.24) is 10.3 Å². The molecule has 1 aliphatic carbocycles. The Hall–Kier alpha value is -0.600. The molecule has 1 N–H and O–H groups in total. The van der Waals surface area contributed by atoms with E-state index in [1.165, 1.54) is 37.7 Å². The Morgan fingerprint density at radius 1 is 1.33 bits per heavy atom. The molecule has 0 bridgehead atoms. The predicted octanol–water partition coefficient (Wildman–Crippen LogP) is 3.84. The van der Waals surface area contributed by atoms with Crippen molar-refractivity contribution >= 4 is 11.6 Å². The van der Waals surface area contributed by atoms with Crippen LogP contribution in [-0.4, -0.2) is 18.1 Å². The Bertz CT molecular complexity index is 373. The summed E-state index contributed by atoms with van der Waals surface area (Å²) in [7, 11) is 0. The number of nitrogens with zero attached hydrogens (tertiary/aromatic N) is 1. The van der Waals surface area contributed by atoms with Crippen LogP contribution in [0.3, 0.4) is 0 Å². The molecule has 2 nitrogen and oxygen atoms in total. The maximum absolute atomic E-state index is 6.26. The van der Waals surface area contributed by atoms with Crippen LogP contribution in [0.25, 0.3) is 0 Å². The highest BCUT2D eigenvalue weighted by Gasteiger charge is 2.32. The summed E-state index contributed by atoms with van der Waals surface area (Å²) in [6.07, 6.45) is 11.4. The summed E-state index contributed by atoms with van der Waals surface area (Å²) < 4.78 is 0. The van der Waals surface area contributed by atoms with Gasteiger partial charge in [0.25, 0.3) is 0 Å². The first-order chi connectivity index (χ1) is 8.76. The average Bonchev–Trinajstić information content (AvgIpc) is 2.40. The van der Waals surface area contributed by atoms with Crippen molar-refractivity contribution in [2.75, 3.05) is 13.1 Å². The third-order valence-corrected chi connectivity index (χ3v) is 4.43. The number of hydrogen-bond donors (Lipinski definition) is 1. The Morgan fingerprint density at radius 3 is 2.78 bits per heavy atom. The predicted molar refractivity (Wildman–Crippen MR) is 77.0 cm³/mol. The smallest absolute Gasteiger partial charge is 0.0621 e. The summed E-state index contributed by atoms with van der Waals surface area (Å²) in [5.41, 5.74) is 1.66. The van der Waals surface area contributed by atoms with Crippen LogP contribution in [0.15, 0.2) is 18.5 Å². The SMILES string of the molecule is CCNCC1(Cc2ccncc2Cl)CCCCC1. The van der Waals surface area contributed by atoms with Crippen LogP contribution in [0, 0.1) is 5.41 Å². The first-order valence-electron chi connectivity index (χ1n) is 7.05. The molecule has 0 amide bonds. The number of nitrogens with one attached hydrogen (secondary N) is 1. The van der Waals surface area contributed by atoms with E-state index in [9.17, 15) is 0 Å². The molecule has 1 aromatic rings. The third kappa shape index (κ3) is 3.46. The van der Waals surface area contributed by atoms with Crippen LogP contribution >= 0.6 is 11.6 Å². The maximum atomic E-state index is 6.26. The molecule has 0 atom stereocenters. The van der Waals surface area contributed by atoms with Crippen LogP contribution in [-0.2, 0) is 6.42 Å². The molecule has 0 saturated heterocycles. The van der Waals surface area contributed by atoms with E-state index in [0.29, 0.717) is 5.41 Å². The van der Waals surface area contributed by atoms with E-state index < -0.39 is 0 Å². The van der Waals surface area contributed by atoms with Crippen LogP contribution in [0.4, 0.5) is 0 Å². The zero-order valence-corrected chi connectivity index (χ0v) is 12.0. The Morgan fingerprint density at radius 2 is 2.11 bits per heavy atom. The van der Waals surface area contributed by atoms with Crippen molar-refractivity contribution in [3.63, 3.8) is 0 Å².